The number of nitrogens with zero attached hydrogens (tertiary/aromatic N) is 3. The molecule has 66 valence electrons. The van der Waals surface area contributed by atoms with Crippen molar-refractivity contribution in [3.8, 4) is 0 Å². The molecule has 2 aromatic rings. The Hall–Kier alpha value is -1.16. The van der Waals surface area contributed by atoms with Gasteiger partial charge >= 0.3 is 0 Å². The Labute approximate surface area is 80.6 Å². The Morgan fingerprint density at radius 1 is 1.23 bits per heavy atom. The highest BCUT2D eigenvalue weighted by atomic mass is 32.2. The topological polar surface area (TPSA) is 38.7 Å². The molecular formula is C9H9N3S. The van der Waals surface area contributed by atoms with E-state index in [4.69, 9.17) is 0 Å². The second-order valence-corrected chi connectivity index (χ2v) is 3.52. The first-order chi connectivity index (χ1) is 6.31. The van der Waals surface area contributed by atoms with Gasteiger partial charge in [-0.1, -0.05) is 11.8 Å². The Bertz CT molecular complexity index is 442. The number of pyridine rings is 1. The lowest BCUT2D eigenvalue weighted by Crippen LogP contribution is -1.90. The lowest BCUT2D eigenvalue weighted by molar-refractivity contribution is 1.000. The predicted molar refractivity (Wildman–Crippen MR) is 53.9 cm³/mol. The van der Waals surface area contributed by atoms with Crippen LogP contribution in [0, 0.1) is 6.92 Å². The molecular weight excluding hydrogens is 182 g/mol. The molecule has 2 heterocycles. The fourth-order valence-electron chi connectivity index (χ4n) is 1.17. The fraction of sp³-hybridized carbons (Fsp3) is 0.222. The summed E-state index contributed by atoms with van der Waals surface area (Å²) in [6.07, 6.45) is 7.39. The van der Waals surface area contributed by atoms with Gasteiger partial charge in [0.25, 0.3) is 0 Å². The van der Waals surface area contributed by atoms with E-state index in [9.17, 15) is 0 Å². The Morgan fingerprint density at radius 2 is 2.08 bits per heavy atom. The zero-order valence-corrected chi connectivity index (χ0v) is 8.30. The maximum Gasteiger partial charge on any atom is 0.187 e. The smallest absolute Gasteiger partial charge is 0.187 e. The average Bonchev–Trinajstić information content (AvgIpc) is 2.18. The van der Waals surface area contributed by atoms with E-state index < -0.39 is 0 Å². The second-order valence-electron chi connectivity index (χ2n) is 2.75. The number of rotatable bonds is 1. The summed E-state index contributed by atoms with van der Waals surface area (Å²) in [6.45, 7) is 2.01. The molecule has 0 aliphatic rings. The van der Waals surface area contributed by atoms with Crippen molar-refractivity contribution in [3.05, 3.63) is 24.2 Å². The van der Waals surface area contributed by atoms with Gasteiger partial charge in [0.05, 0.1) is 5.52 Å². The molecule has 0 atom stereocenters. The van der Waals surface area contributed by atoms with Crippen LogP contribution in [0.3, 0.4) is 0 Å². The molecule has 3 nitrogen and oxygen atoms in total. The third kappa shape index (κ3) is 1.49. The Balaban J connectivity index is 2.74. The normalized spacial score (nSPS) is 10.6. The first-order valence-corrected chi connectivity index (χ1v) is 5.15. The van der Waals surface area contributed by atoms with Gasteiger partial charge < -0.3 is 0 Å². The summed E-state index contributed by atoms with van der Waals surface area (Å²) in [5.74, 6) is 0. The molecule has 0 unspecified atom stereocenters. The molecule has 4 heteroatoms. The minimum Gasteiger partial charge on any atom is -0.264 e. The summed E-state index contributed by atoms with van der Waals surface area (Å²) in [5, 5.41) is 1.81. The highest BCUT2D eigenvalue weighted by Crippen LogP contribution is 2.16. The standard InChI is InChI=1S/C9H9N3S/c1-6-3-10-4-7-5-11-9(13-2)12-8(6)7/h3-5H,1-2H3. The molecule has 0 amide bonds. The summed E-state index contributed by atoms with van der Waals surface area (Å²) in [4.78, 5) is 12.7. The SMILES string of the molecule is CSc1ncc2cncc(C)c2n1. The van der Waals surface area contributed by atoms with Crippen LogP contribution in [0.5, 0.6) is 0 Å². The van der Waals surface area contributed by atoms with Gasteiger partial charge in [0.15, 0.2) is 5.16 Å². The molecule has 0 aliphatic carbocycles. The van der Waals surface area contributed by atoms with Gasteiger partial charge in [-0.15, -0.1) is 0 Å². The highest BCUT2D eigenvalue weighted by Gasteiger charge is 2.00. The maximum absolute atomic E-state index is 4.41. The van der Waals surface area contributed by atoms with Crippen molar-refractivity contribution in [2.24, 2.45) is 0 Å². The molecule has 0 radical (unpaired) electrons. The van der Waals surface area contributed by atoms with Crippen molar-refractivity contribution in [2.45, 2.75) is 12.1 Å². The summed E-state index contributed by atoms with van der Waals surface area (Å²) < 4.78 is 0. The van der Waals surface area contributed by atoms with E-state index in [1.165, 1.54) is 0 Å². The maximum atomic E-state index is 4.41. The van der Waals surface area contributed by atoms with Gasteiger partial charge in [-0.3, -0.25) is 4.98 Å². The van der Waals surface area contributed by atoms with E-state index in [1.54, 1.807) is 18.0 Å². The van der Waals surface area contributed by atoms with Gasteiger partial charge in [0.1, 0.15) is 0 Å². The molecule has 0 bridgehead atoms. The van der Waals surface area contributed by atoms with E-state index >= 15 is 0 Å². The molecule has 0 saturated heterocycles. The van der Waals surface area contributed by atoms with E-state index in [0.717, 1.165) is 21.6 Å². The lowest BCUT2D eigenvalue weighted by Gasteiger charge is -2.00. The van der Waals surface area contributed by atoms with E-state index in [-0.39, 0.29) is 0 Å². The van der Waals surface area contributed by atoms with Gasteiger partial charge in [-0.2, -0.15) is 0 Å². The van der Waals surface area contributed by atoms with Crippen molar-refractivity contribution in [2.75, 3.05) is 6.26 Å². The quantitative estimate of drug-likeness (QED) is 0.511. The Kier molecular flexibility index (Phi) is 2.14. The summed E-state index contributed by atoms with van der Waals surface area (Å²) in [7, 11) is 0. The molecule has 0 N–H and O–H groups in total. The summed E-state index contributed by atoms with van der Waals surface area (Å²) in [6, 6.07) is 0. The van der Waals surface area contributed by atoms with Crippen molar-refractivity contribution in [3.63, 3.8) is 0 Å². The number of aryl methyl sites for hydroxylation is 1. The third-order valence-electron chi connectivity index (χ3n) is 1.83. The molecule has 13 heavy (non-hydrogen) atoms. The minimum absolute atomic E-state index is 0.807. The highest BCUT2D eigenvalue weighted by molar-refractivity contribution is 7.98. The zero-order valence-electron chi connectivity index (χ0n) is 7.48. The molecule has 2 aromatic heterocycles. The van der Waals surface area contributed by atoms with Crippen LogP contribution in [-0.4, -0.2) is 21.2 Å². The summed E-state index contributed by atoms with van der Waals surface area (Å²) in [5.41, 5.74) is 2.09. The average molecular weight is 191 g/mol. The van der Waals surface area contributed by atoms with Crippen LogP contribution < -0.4 is 0 Å². The number of thioether (sulfide) groups is 1. The van der Waals surface area contributed by atoms with E-state index in [1.807, 2.05) is 25.6 Å². The van der Waals surface area contributed by atoms with Crippen LogP contribution in [-0.2, 0) is 0 Å². The van der Waals surface area contributed by atoms with Gasteiger partial charge in [0, 0.05) is 24.0 Å². The molecule has 0 spiro atoms. The number of aromatic nitrogens is 3. The number of hydrogen-bond donors (Lipinski definition) is 0. The number of hydrogen-bond acceptors (Lipinski definition) is 4. The van der Waals surface area contributed by atoms with Crippen LogP contribution in [0.2, 0.25) is 0 Å². The van der Waals surface area contributed by atoms with Crippen molar-refractivity contribution in [1.29, 1.82) is 0 Å². The van der Waals surface area contributed by atoms with Gasteiger partial charge in [-0.25, -0.2) is 9.97 Å². The first kappa shape index (κ1) is 8.44. The molecule has 0 fully saturated rings. The van der Waals surface area contributed by atoms with Crippen LogP contribution in [0.25, 0.3) is 10.9 Å². The van der Waals surface area contributed by atoms with Gasteiger partial charge in [0.2, 0.25) is 0 Å². The fourth-order valence-corrected chi connectivity index (χ4v) is 1.51. The molecule has 2 rings (SSSR count). The predicted octanol–water partition coefficient (Wildman–Crippen LogP) is 2.06. The lowest BCUT2D eigenvalue weighted by atomic mass is 10.2. The van der Waals surface area contributed by atoms with Crippen LogP contribution >= 0.6 is 11.8 Å². The molecule has 0 saturated carbocycles. The second kappa shape index (κ2) is 3.30. The van der Waals surface area contributed by atoms with Crippen molar-refractivity contribution < 1.29 is 0 Å². The molecule has 0 aliphatic heterocycles. The molecule has 0 aromatic carbocycles. The van der Waals surface area contributed by atoms with Crippen LogP contribution in [0.15, 0.2) is 23.7 Å². The number of fused-ring (bicyclic) bond motifs is 1. The van der Waals surface area contributed by atoms with Crippen molar-refractivity contribution in [1.82, 2.24) is 15.0 Å². The van der Waals surface area contributed by atoms with Crippen LogP contribution in [0.1, 0.15) is 5.56 Å². The van der Waals surface area contributed by atoms with Gasteiger partial charge in [-0.05, 0) is 18.7 Å². The third-order valence-corrected chi connectivity index (χ3v) is 2.39. The monoisotopic (exact) mass is 191 g/mol. The summed E-state index contributed by atoms with van der Waals surface area (Å²) >= 11 is 1.55. The first-order valence-electron chi connectivity index (χ1n) is 3.92. The van der Waals surface area contributed by atoms with Crippen LogP contribution in [0.4, 0.5) is 0 Å². The van der Waals surface area contributed by atoms with E-state index in [0.29, 0.717) is 0 Å². The zero-order chi connectivity index (χ0) is 9.26. The van der Waals surface area contributed by atoms with Crippen molar-refractivity contribution >= 4 is 22.7 Å². The minimum atomic E-state index is 0.807. The Morgan fingerprint density at radius 3 is 2.85 bits per heavy atom. The van der Waals surface area contributed by atoms with E-state index in [2.05, 4.69) is 15.0 Å². The largest absolute Gasteiger partial charge is 0.264 e.